The van der Waals surface area contributed by atoms with Crippen LogP contribution in [0.25, 0.3) is 6.08 Å². The van der Waals surface area contributed by atoms with Crippen molar-refractivity contribution in [2.45, 2.75) is 20.3 Å². The monoisotopic (exact) mass is 374 g/mol. The second-order valence-corrected chi connectivity index (χ2v) is 5.97. The predicted molar refractivity (Wildman–Crippen MR) is 96.6 cm³/mol. The highest BCUT2D eigenvalue weighted by Crippen LogP contribution is 2.17. The summed E-state index contributed by atoms with van der Waals surface area (Å²) in [7, 11) is 0. The maximum absolute atomic E-state index is 12.0. The number of ether oxygens (including phenoxy) is 1. The van der Waals surface area contributed by atoms with E-state index < -0.39 is 0 Å². The van der Waals surface area contributed by atoms with E-state index in [0.717, 1.165) is 27.8 Å². The van der Waals surface area contributed by atoms with E-state index in [1.807, 2.05) is 37.3 Å². The first-order chi connectivity index (χ1) is 11.1. The van der Waals surface area contributed by atoms with Crippen molar-refractivity contribution in [1.82, 2.24) is 4.98 Å². The number of carbonyl (C=O) groups is 1. The van der Waals surface area contributed by atoms with Crippen LogP contribution in [0.2, 0.25) is 0 Å². The summed E-state index contributed by atoms with van der Waals surface area (Å²) in [6, 6.07) is 9.53. The predicted octanol–water partition coefficient (Wildman–Crippen LogP) is 4.59. The fourth-order valence-corrected chi connectivity index (χ4v) is 2.34. The molecule has 0 bridgehead atoms. The van der Waals surface area contributed by atoms with Crippen LogP contribution in [0.3, 0.4) is 0 Å². The second kappa shape index (κ2) is 8.48. The number of nitrogens with zero attached hydrogens (tertiary/aromatic N) is 1. The number of amides is 1. The molecule has 1 amide bonds. The number of benzene rings is 1. The van der Waals surface area contributed by atoms with Gasteiger partial charge in [0.1, 0.15) is 11.6 Å². The van der Waals surface area contributed by atoms with Gasteiger partial charge in [0.05, 0.1) is 6.61 Å². The van der Waals surface area contributed by atoms with Crippen LogP contribution in [0, 0.1) is 6.92 Å². The second-order valence-electron chi connectivity index (χ2n) is 5.06. The van der Waals surface area contributed by atoms with Gasteiger partial charge in [-0.05, 0) is 64.7 Å². The average molecular weight is 375 g/mol. The number of pyridine rings is 1. The zero-order valence-electron chi connectivity index (χ0n) is 13.2. The zero-order chi connectivity index (χ0) is 16.7. The summed E-state index contributed by atoms with van der Waals surface area (Å²) in [5.41, 5.74) is 1.84. The van der Waals surface area contributed by atoms with E-state index in [1.54, 1.807) is 12.3 Å². The number of halogens is 1. The Morgan fingerprint density at radius 2 is 2.09 bits per heavy atom. The molecule has 0 spiro atoms. The van der Waals surface area contributed by atoms with Crippen LogP contribution >= 0.6 is 15.9 Å². The number of carbonyl (C=O) groups excluding carboxylic acids is 1. The van der Waals surface area contributed by atoms with Crippen LogP contribution in [0.1, 0.15) is 24.5 Å². The number of aryl methyl sites for hydroxylation is 1. The quantitative estimate of drug-likeness (QED) is 0.752. The number of anilines is 1. The molecule has 2 aromatic rings. The summed E-state index contributed by atoms with van der Waals surface area (Å²) in [6.07, 6.45) is 5.88. The Kier molecular flexibility index (Phi) is 6.35. The van der Waals surface area contributed by atoms with Crippen molar-refractivity contribution in [2.24, 2.45) is 0 Å². The van der Waals surface area contributed by atoms with Gasteiger partial charge in [-0.25, -0.2) is 4.98 Å². The molecule has 1 N–H and O–H groups in total. The molecule has 0 unspecified atom stereocenters. The van der Waals surface area contributed by atoms with E-state index in [9.17, 15) is 4.79 Å². The van der Waals surface area contributed by atoms with Crippen LogP contribution in [0.4, 0.5) is 5.82 Å². The molecule has 23 heavy (non-hydrogen) atoms. The minimum Gasteiger partial charge on any atom is -0.494 e. The molecule has 1 aromatic carbocycles. The van der Waals surface area contributed by atoms with E-state index in [4.69, 9.17) is 4.74 Å². The van der Waals surface area contributed by atoms with Gasteiger partial charge in [0.25, 0.3) is 0 Å². The van der Waals surface area contributed by atoms with Gasteiger partial charge in [-0.15, -0.1) is 0 Å². The normalized spacial score (nSPS) is 10.7. The molecule has 0 atom stereocenters. The first-order valence-corrected chi connectivity index (χ1v) is 8.22. The van der Waals surface area contributed by atoms with E-state index in [1.165, 1.54) is 6.08 Å². The standard InChI is InChI=1S/C18H19BrN2O2/c1-3-10-23-16-7-4-14(5-8-16)6-9-17(22)21-18-13(2)11-15(19)12-20-18/h4-9,11-12H,3,10H2,1-2H3,(H,20,21,22)/b9-6+. The first kappa shape index (κ1) is 17.2. The van der Waals surface area contributed by atoms with Gasteiger partial charge in [-0.3, -0.25) is 4.79 Å². The fraction of sp³-hybridized carbons (Fsp3) is 0.222. The summed E-state index contributed by atoms with van der Waals surface area (Å²) >= 11 is 3.35. The van der Waals surface area contributed by atoms with E-state index in [-0.39, 0.29) is 5.91 Å². The molecule has 0 aliphatic rings. The van der Waals surface area contributed by atoms with Crippen LogP contribution in [0.15, 0.2) is 47.1 Å². The van der Waals surface area contributed by atoms with Crippen molar-refractivity contribution in [1.29, 1.82) is 0 Å². The molecule has 120 valence electrons. The van der Waals surface area contributed by atoms with Crippen LogP contribution in [-0.2, 0) is 4.79 Å². The van der Waals surface area contributed by atoms with Gasteiger partial charge >= 0.3 is 0 Å². The van der Waals surface area contributed by atoms with E-state index in [0.29, 0.717) is 12.4 Å². The van der Waals surface area contributed by atoms with Gasteiger partial charge in [0.2, 0.25) is 5.91 Å². The molecule has 0 aliphatic heterocycles. The summed E-state index contributed by atoms with van der Waals surface area (Å²) in [5, 5.41) is 2.76. The maximum atomic E-state index is 12.0. The van der Waals surface area contributed by atoms with Crippen molar-refractivity contribution in [3.8, 4) is 5.75 Å². The van der Waals surface area contributed by atoms with Crippen molar-refractivity contribution < 1.29 is 9.53 Å². The SMILES string of the molecule is CCCOc1ccc(/C=C/C(=O)Nc2ncc(Br)cc2C)cc1. The lowest BCUT2D eigenvalue weighted by atomic mass is 10.2. The van der Waals surface area contributed by atoms with E-state index in [2.05, 4.69) is 33.2 Å². The molecule has 5 heteroatoms. The van der Waals surface area contributed by atoms with Crippen LogP contribution < -0.4 is 10.1 Å². The smallest absolute Gasteiger partial charge is 0.249 e. The topological polar surface area (TPSA) is 51.2 Å². The third-order valence-electron chi connectivity index (χ3n) is 3.07. The van der Waals surface area contributed by atoms with Crippen molar-refractivity contribution in [3.05, 3.63) is 58.2 Å². The number of rotatable bonds is 6. The van der Waals surface area contributed by atoms with Gasteiger partial charge < -0.3 is 10.1 Å². The first-order valence-electron chi connectivity index (χ1n) is 7.42. The maximum Gasteiger partial charge on any atom is 0.249 e. The molecule has 0 saturated heterocycles. The summed E-state index contributed by atoms with van der Waals surface area (Å²) in [4.78, 5) is 16.1. The molecule has 0 radical (unpaired) electrons. The molecular weight excluding hydrogens is 356 g/mol. The Balaban J connectivity index is 1.95. The lowest BCUT2D eigenvalue weighted by Crippen LogP contribution is -2.10. The Morgan fingerprint density at radius 3 is 2.74 bits per heavy atom. The number of hydrogen-bond donors (Lipinski definition) is 1. The highest BCUT2D eigenvalue weighted by molar-refractivity contribution is 9.10. The Morgan fingerprint density at radius 1 is 1.35 bits per heavy atom. The van der Waals surface area contributed by atoms with E-state index >= 15 is 0 Å². The van der Waals surface area contributed by atoms with Crippen molar-refractivity contribution in [2.75, 3.05) is 11.9 Å². The summed E-state index contributed by atoms with van der Waals surface area (Å²) < 4.78 is 6.41. The molecule has 1 aromatic heterocycles. The summed E-state index contributed by atoms with van der Waals surface area (Å²) in [6.45, 7) is 4.67. The van der Waals surface area contributed by atoms with Crippen molar-refractivity contribution >= 4 is 33.7 Å². The number of nitrogens with one attached hydrogen (secondary N) is 1. The molecule has 0 saturated carbocycles. The lowest BCUT2D eigenvalue weighted by Gasteiger charge is -2.05. The zero-order valence-corrected chi connectivity index (χ0v) is 14.8. The molecule has 0 aliphatic carbocycles. The minimum atomic E-state index is -0.214. The molecule has 4 nitrogen and oxygen atoms in total. The minimum absolute atomic E-state index is 0.214. The fourth-order valence-electron chi connectivity index (χ4n) is 1.90. The third kappa shape index (κ3) is 5.53. The Bertz CT molecular complexity index is 697. The Hall–Kier alpha value is -2.14. The molecular formula is C18H19BrN2O2. The molecule has 2 rings (SSSR count). The highest BCUT2D eigenvalue weighted by Gasteiger charge is 2.03. The largest absolute Gasteiger partial charge is 0.494 e. The van der Waals surface area contributed by atoms with Gasteiger partial charge in [-0.1, -0.05) is 19.1 Å². The number of aromatic nitrogens is 1. The van der Waals surface area contributed by atoms with Crippen molar-refractivity contribution in [3.63, 3.8) is 0 Å². The van der Waals surface area contributed by atoms with Gasteiger partial charge in [-0.2, -0.15) is 0 Å². The molecule has 0 fully saturated rings. The Labute approximate surface area is 144 Å². The lowest BCUT2D eigenvalue weighted by molar-refractivity contribution is -0.111. The number of hydrogen-bond acceptors (Lipinski definition) is 3. The van der Waals surface area contributed by atoms with Crippen LogP contribution in [-0.4, -0.2) is 17.5 Å². The van der Waals surface area contributed by atoms with Gasteiger partial charge in [0, 0.05) is 16.7 Å². The van der Waals surface area contributed by atoms with Crippen LogP contribution in [0.5, 0.6) is 5.75 Å². The third-order valence-corrected chi connectivity index (χ3v) is 3.50. The highest BCUT2D eigenvalue weighted by atomic mass is 79.9. The van der Waals surface area contributed by atoms with Gasteiger partial charge in [0.15, 0.2) is 0 Å². The molecule has 1 heterocycles. The average Bonchev–Trinajstić information content (AvgIpc) is 2.54. The summed E-state index contributed by atoms with van der Waals surface area (Å²) in [5.74, 6) is 1.18.